The van der Waals surface area contributed by atoms with Gasteiger partial charge in [0.15, 0.2) is 0 Å². The van der Waals surface area contributed by atoms with Crippen molar-refractivity contribution in [1.29, 1.82) is 0 Å². The Balaban J connectivity index is 2.31. The van der Waals surface area contributed by atoms with E-state index in [1.54, 1.807) is 0 Å². The second kappa shape index (κ2) is 3.11. The summed E-state index contributed by atoms with van der Waals surface area (Å²) in [7, 11) is 2.13. The molecule has 3 rings (SSSR count). The first-order chi connectivity index (χ1) is 7.68. The van der Waals surface area contributed by atoms with Crippen molar-refractivity contribution in [2.24, 2.45) is 12.8 Å². The summed E-state index contributed by atoms with van der Waals surface area (Å²) in [5.74, 6) is 0. The van der Waals surface area contributed by atoms with Gasteiger partial charge in [0.05, 0.1) is 5.52 Å². The molecule has 0 saturated heterocycles. The van der Waals surface area contributed by atoms with E-state index in [0.29, 0.717) is 0 Å². The first-order valence-electron chi connectivity index (χ1n) is 5.93. The van der Waals surface area contributed by atoms with Crippen molar-refractivity contribution in [2.45, 2.75) is 25.2 Å². The quantitative estimate of drug-likeness (QED) is 0.818. The molecular weight excluding hydrogens is 196 g/mol. The predicted octanol–water partition coefficient (Wildman–Crippen LogP) is 2.48. The summed E-state index contributed by atoms with van der Waals surface area (Å²) < 4.78 is 2.25. The van der Waals surface area contributed by atoms with Gasteiger partial charge in [-0.1, -0.05) is 18.2 Å². The fraction of sp³-hybridized carbons (Fsp3) is 0.429. The summed E-state index contributed by atoms with van der Waals surface area (Å²) in [6.45, 7) is 2.95. The maximum Gasteiger partial charge on any atom is 0.0510 e. The monoisotopic (exact) mass is 214 g/mol. The fourth-order valence-electron chi connectivity index (χ4n) is 2.83. The van der Waals surface area contributed by atoms with E-state index in [9.17, 15) is 0 Å². The highest BCUT2D eigenvalue weighted by Gasteiger charge is 2.44. The van der Waals surface area contributed by atoms with E-state index in [1.165, 1.54) is 34.9 Å². The highest BCUT2D eigenvalue weighted by molar-refractivity contribution is 5.88. The van der Waals surface area contributed by atoms with Crippen LogP contribution in [-0.2, 0) is 12.5 Å². The second-order valence-corrected chi connectivity index (χ2v) is 5.11. The van der Waals surface area contributed by atoms with Crippen LogP contribution < -0.4 is 5.73 Å². The zero-order valence-corrected chi connectivity index (χ0v) is 9.96. The third-order valence-electron chi connectivity index (χ3n) is 4.02. The van der Waals surface area contributed by atoms with Crippen LogP contribution in [0.15, 0.2) is 24.4 Å². The Kier molecular flexibility index (Phi) is 1.93. The summed E-state index contributed by atoms with van der Waals surface area (Å²) in [5.41, 5.74) is 10.4. The number of hydrogen-bond donors (Lipinski definition) is 1. The number of rotatable bonds is 2. The minimum absolute atomic E-state index is 0.285. The van der Waals surface area contributed by atoms with E-state index in [4.69, 9.17) is 5.73 Å². The standard InChI is InChI=1S/C14H18N2/c1-10-4-3-5-11-12(8-16(2)13(10)11)14(9-15)6-7-14/h3-5,8H,6-7,9,15H2,1-2H3. The highest BCUT2D eigenvalue weighted by atomic mass is 14.9. The number of nitrogens with zero attached hydrogens (tertiary/aromatic N) is 1. The summed E-state index contributed by atoms with van der Waals surface area (Å²) in [6, 6.07) is 6.55. The number of aromatic nitrogens is 1. The van der Waals surface area contributed by atoms with E-state index < -0.39 is 0 Å². The minimum Gasteiger partial charge on any atom is -0.350 e. The van der Waals surface area contributed by atoms with Crippen LogP contribution in [-0.4, -0.2) is 11.1 Å². The van der Waals surface area contributed by atoms with Crippen molar-refractivity contribution in [3.63, 3.8) is 0 Å². The van der Waals surface area contributed by atoms with Crippen LogP contribution in [0, 0.1) is 6.92 Å². The van der Waals surface area contributed by atoms with Gasteiger partial charge < -0.3 is 10.3 Å². The Bertz CT molecular complexity index is 547. The lowest BCUT2D eigenvalue weighted by atomic mass is 9.95. The number of para-hydroxylation sites is 1. The molecule has 0 amide bonds. The largest absolute Gasteiger partial charge is 0.350 e. The van der Waals surface area contributed by atoms with Gasteiger partial charge in [-0.2, -0.15) is 0 Å². The lowest BCUT2D eigenvalue weighted by Crippen LogP contribution is -2.19. The van der Waals surface area contributed by atoms with E-state index >= 15 is 0 Å². The first kappa shape index (κ1) is 9.91. The molecule has 2 N–H and O–H groups in total. The van der Waals surface area contributed by atoms with E-state index in [1.807, 2.05) is 0 Å². The van der Waals surface area contributed by atoms with E-state index in [2.05, 4.69) is 42.9 Å². The van der Waals surface area contributed by atoms with Gasteiger partial charge in [0.2, 0.25) is 0 Å². The van der Waals surface area contributed by atoms with Crippen LogP contribution >= 0.6 is 0 Å². The molecule has 2 aromatic rings. The Labute approximate surface area is 96.1 Å². The predicted molar refractivity (Wildman–Crippen MR) is 67.6 cm³/mol. The molecule has 1 fully saturated rings. The van der Waals surface area contributed by atoms with Gasteiger partial charge >= 0.3 is 0 Å². The number of nitrogens with two attached hydrogens (primary N) is 1. The molecule has 2 heteroatoms. The summed E-state index contributed by atoms with van der Waals surface area (Å²) in [6.07, 6.45) is 4.77. The van der Waals surface area contributed by atoms with E-state index in [-0.39, 0.29) is 5.41 Å². The highest BCUT2D eigenvalue weighted by Crippen LogP contribution is 2.50. The van der Waals surface area contributed by atoms with Crippen LogP contribution in [0.25, 0.3) is 10.9 Å². The Hall–Kier alpha value is -1.28. The molecule has 0 aliphatic heterocycles. The summed E-state index contributed by atoms with van der Waals surface area (Å²) in [5, 5.41) is 1.39. The number of aryl methyl sites for hydroxylation is 2. The van der Waals surface area contributed by atoms with Gasteiger partial charge in [-0.25, -0.2) is 0 Å². The normalized spacial score (nSPS) is 17.9. The number of hydrogen-bond acceptors (Lipinski definition) is 1. The van der Waals surface area contributed by atoms with Gasteiger partial charge in [0.25, 0.3) is 0 Å². The molecule has 0 unspecified atom stereocenters. The van der Waals surface area contributed by atoms with Crippen molar-refractivity contribution in [1.82, 2.24) is 4.57 Å². The number of benzene rings is 1. The zero-order chi connectivity index (χ0) is 11.3. The van der Waals surface area contributed by atoms with Gasteiger partial charge in [0, 0.05) is 30.6 Å². The van der Waals surface area contributed by atoms with Crippen LogP contribution in [0.3, 0.4) is 0 Å². The first-order valence-corrected chi connectivity index (χ1v) is 5.93. The molecule has 1 aliphatic carbocycles. The summed E-state index contributed by atoms with van der Waals surface area (Å²) >= 11 is 0. The molecule has 1 aromatic carbocycles. The van der Waals surface area contributed by atoms with Gasteiger partial charge in [0.1, 0.15) is 0 Å². The average molecular weight is 214 g/mol. The van der Waals surface area contributed by atoms with Crippen molar-refractivity contribution in [2.75, 3.05) is 6.54 Å². The van der Waals surface area contributed by atoms with Gasteiger partial charge in [-0.3, -0.25) is 0 Å². The molecule has 1 aromatic heterocycles. The molecule has 1 saturated carbocycles. The lowest BCUT2D eigenvalue weighted by Gasteiger charge is -2.10. The molecule has 0 spiro atoms. The topological polar surface area (TPSA) is 30.9 Å². The fourth-order valence-corrected chi connectivity index (χ4v) is 2.83. The second-order valence-electron chi connectivity index (χ2n) is 5.11. The van der Waals surface area contributed by atoms with Crippen LogP contribution in [0.5, 0.6) is 0 Å². The molecule has 84 valence electrons. The van der Waals surface area contributed by atoms with Crippen molar-refractivity contribution in [3.05, 3.63) is 35.5 Å². The third kappa shape index (κ3) is 1.17. The van der Waals surface area contributed by atoms with Crippen LogP contribution in [0.1, 0.15) is 24.0 Å². The SMILES string of the molecule is Cc1cccc2c(C3(CN)CC3)cn(C)c12. The summed E-state index contributed by atoms with van der Waals surface area (Å²) in [4.78, 5) is 0. The molecule has 16 heavy (non-hydrogen) atoms. The molecule has 0 bridgehead atoms. The van der Waals surface area contributed by atoms with Gasteiger partial charge in [-0.15, -0.1) is 0 Å². The van der Waals surface area contributed by atoms with Crippen LogP contribution in [0.2, 0.25) is 0 Å². The zero-order valence-electron chi connectivity index (χ0n) is 9.96. The third-order valence-corrected chi connectivity index (χ3v) is 4.02. The van der Waals surface area contributed by atoms with Crippen molar-refractivity contribution >= 4 is 10.9 Å². The van der Waals surface area contributed by atoms with Crippen LogP contribution in [0.4, 0.5) is 0 Å². The van der Waals surface area contributed by atoms with Crippen molar-refractivity contribution in [3.8, 4) is 0 Å². The maximum atomic E-state index is 5.93. The minimum atomic E-state index is 0.285. The Morgan fingerprint density at radius 1 is 1.38 bits per heavy atom. The molecular formula is C14H18N2. The van der Waals surface area contributed by atoms with Crippen molar-refractivity contribution < 1.29 is 0 Å². The molecule has 1 aliphatic rings. The number of fused-ring (bicyclic) bond motifs is 1. The Morgan fingerprint density at radius 2 is 2.12 bits per heavy atom. The maximum absolute atomic E-state index is 5.93. The lowest BCUT2D eigenvalue weighted by molar-refractivity contribution is 0.706. The smallest absolute Gasteiger partial charge is 0.0510 e. The molecule has 0 radical (unpaired) electrons. The molecule has 1 heterocycles. The molecule has 2 nitrogen and oxygen atoms in total. The van der Waals surface area contributed by atoms with E-state index in [0.717, 1.165) is 6.54 Å². The Morgan fingerprint density at radius 3 is 2.75 bits per heavy atom. The average Bonchev–Trinajstić information content (AvgIpc) is 2.99. The van der Waals surface area contributed by atoms with Gasteiger partial charge in [-0.05, 0) is 30.9 Å². The molecule has 0 atom stereocenters.